The Kier molecular flexibility index (Phi) is 2.53. The Hall–Kier alpha value is -1.66. The van der Waals surface area contributed by atoms with Crippen LogP contribution in [0, 0.1) is 13.5 Å². The van der Waals surface area contributed by atoms with Gasteiger partial charge in [-0.2, -0.15) is 0 Å². The van der Waals surface area contributed by atoms with E-state index in [1.807, 2.05) is 26.0 Å². The molecule has 0 unspecified atom stereocenters. The van der Waals surface area contributed by atoms with Gasteiger partial charge in [0.05, 0.1) is 13.2 Å². The van der Waals surface area contributed by atoms with E-state index >= 15 is 0 Å². The van der Waals surface area contributed by atoms with Crippen molar-refractivity contribution in [2.45, 2.75) is 25.9 Å². The molecule has 0 bridgehead atoms. The van der Waals surface area contributed by atoms with Gasteiger partial charge in [-0.05, 0) is 25.0 Å². The number of epoxide rings is 1. The first-order valence-corrected chi connectivity index (χ1v) is 5.19. The molecule has 1 aliphatic rings. The maximum absolute atomic E-state index is 11.8. The van der Waals surface area contributed by atoms with E-state index in [9.17, 15) is 4.79 Å². The van der Waals surface area contributed by atoms with E-state index in [1.54, 1.807) is 6.07 Å². The number of benzene rings is 1. The second-order valence-electron chi connectivity index (χ2n) is 4.35. The molecular formula is C13H13NO2. The molecule has 0 radical (unpaired) electrons. The molecule has 0 aliphatic carbocycles. The fourth-order valence-corrected chi connectivity index (χ4v) is 1.59. The molecule has 0 aromatic heterocycles. The van der Waals surface area contributed by atoms with Gasteiger partial charge in [0.25, 0.3) is 0 Å². The lowest BCUT2D eigenvalue weighted by molar-refractivity contribution is -0.122. The normalized spacial score (nSPS) is 22.6. The first-order chi connectivity index (χ1) is 7.55. The summed E-state index contributed by atoms with van der Waals surface area (Å²) in [4.78, 5) is 15.2. The molecule has 3 nitrogen and oxygen atoms in total. The largest absolute Gasteiger partial charge is 0.362 e. The third kappa shape index (κ3) is 1.98. The van der Waals surface area contributed by atoms with Crippen molar-refractivity contribution in [3.63, 3.8) is 0 Å². The lowest BCUT2D eigenvalue weighted by Crippen LogP contribution is -2.22. The molecule has 1 aliphatic heterocycles. The Morgan fingerprint density at radius 1 is 1.62 bits per heavy atom. The maximum atomic E-state index is 11.8. The van der Waals surface area contributed by atoms with Gasteiger partial charge in [0, 0.05) is 6.42 Å². The first-order valence-electron chi connectivity index (χ1n) is 5.19. The van der Waals surface area contributed by atoms with E-state index in [4.69, 9.17) is 11.3 Å². The summed E-state index contributed by atoms with van der Waals surface area (Å²) in [7, 11) is 0. The SMILES string of the molecule is [C-]#[N+]c1ccc(CC(=O)[C@@]2(C)CO2)cc1C. The minimum Gasteiger partial charge on any atom is -0.362 e. The smallest absolute Gasteiger partial charge is 0.190 e. The summed E-state index contributed by atoms with van der Waals surface area (Å²) in [6, 6.07) is 5.50. The topological polar surface area (TPSA) is 34.0 Å². The van der Waals surface area contributed by atoms with E-state index in [0.29, 0.717) is 18.7 Å². The molecule has 1 atom stereocenters. The molecule has 2 rings (SSSR count). The highest BCUT2D eigenvalue weighted by molar-refractivity contribution is 5.91. The Labute approximate surface area is 94.9 Å². The standard InChI is InChI=1S/C13H13NO2/c1-9-6-10(4-5-11(9)14-3)7-12(15)13(2)8-16-13/h4-6H,7-8H2,1-2H3/t13-/m1/s1. The zero-order chi connectivity index (χ0) is 11.8. The van der Waals surface area contributed by atoms with Gasteiger partial charge in [-0.3, -0.25) is 4.79 Å². The molecule has 16 heavy (non-hydrogen) atoms. The minimum absolute atomic E-state index is 0.113. The van der Waals surface area contributed by atoms with Crippen molar-refractivity contribution >= 4 is 11.5 Å². The minimum atomic E-state index is -0.549. The van der Waals surface area contributed by atoms with Crippen molar-refractivity contribution in [3.8, 4) is 0 Å². The number of ketones is 1. The zero-order valence-corrected chi connectivity index (χ0v) is 9.41. The van der Waals surface area contributed by atoms with Gasteiger partial charge >= 0.3 is 0 Å². The monoisotopic (exact) mass is 215 g/mol. The predicted molar refractivity (Wildman–Crippen MR) is 60.5 cm³/mol. The highest BCUT2D eigenvalue weighted by Gasteiger charge is 2.46. The quantitative estimate of drug-likeness (QED) is 0.573. The van der Waals surface area contributed by atoms with E-state index in [2.05, 4.69) is 4.85 Å². The van der Waals surface area contributed by atoms with Crippen LogP contribution < -0.4 is 0 Å². The molecular weight excluding hydrogens is 202 g/mol. The molecule has 3 heteroatoms. The predicted octanol–water partition coefficient (Wildman–Crippen LogP) is 2.45. The highest BCUT2D eigenvalue weighted by atomic mass is 16.6. The summed E-state index contributed by atoms with van der Waals surface area (Å²) in [5.74, 6) is 0.113. The first kappa shape index (κ1) is 10.8. The Bertz CT molecular complexity index is 481. The number of hydrogen-bond acceptors (Lipinski definition) is 2. The van der Waals surface area contributed by atoms with Crippen LogP contribution in [0.3, 0.4) is 0 Å². The van der Waals surface area contributed by atoms with Crippen LogP contribution in [0.4, 0.5) is 5.69 Å². The second-order valence-corrected chi connectivity index (χ2v) is 4.35. The average molecular weight is 215 g/mol. The van der Waals surface area contributed by atoms with Gasteiger partial charge in [0.1, 0.15) is 5.60 Å². The van der Waals surface area contributed by atoms with Crippen LogP contribution >= 0.6 is 0 Å². The number of carbonyl (C=O) groups excluding carboxylic acids is 1. The fourth-order valence-electron chi connectivity index (χ4n) is 1.59. The van der Waals surface area contributed by atoms with Crippen molar-refractivity contribution in [1.29, 1.82) is 0 Å². The zero-order valence-electron chi connectivity index (χ0n) is 9.41. The van der Waals surface area contributed by atoms with Crippen LogP contribution in [0.5, 0.6) is 0 Å². The van der Waals surface area contributed by atoms with Crippen molar-refractivity contribution in [1.82, 2.24) is 0 Å². The van der Waals surface area contributed by atoms with Crippen LogP contribution in [0.1, 0.15) is 18.1 Å². The van der Waals surface area contributed by atoms with Crippen LogP contribution in [0.2, 0.25) is 0 Å². The van der Waals surface area contributed by atoms with E-state index in [1.165, 1.54) is 0 Å². The number of rotatable bonds is 3. The van der Waals surface area contributed by atoms with Gasteiger partial charge in [0.2, 0.25) is 0 Å². The third-order valence-corrected chi connectivity index (χ3v) is 2.91. The Morgan fingerprint density at radius 2 is 2.31 bits per heavy atom. The summed E-state index contributed by atoms with van der Waals surface area (Å²) in [5, 5.41) is 0. The van der Waals surface area contributed by atoms with Gasteiger partial charge in [-0.15, -0.1) is 0 Å². The molecule has 1 saturated heterocycles. The molecule has 1 fully saturated rings. The van der Waals surface area contributed by atoms with Crippen molar-refractivity contribution < 1.29 is 9.53 Å². The van der Waals surface area contributed by atoms with E-state index in [-0.39, 0.29) is 5.78 Å². The molecule has 1 heterocycles. The number of Topliss-reactive ketones (excluding diaryl/α,β-unsaturated/α-hetero) is 1. The summed E-state index contributed by atoms with van der Waals surface area (Å²) in [5.41, 5.74) is 1.96. The van der Waals surface area contributed by atoms with Crippen LogP contribution in [0.25, 0.3) is 4.85 Å². The lowest BCUT2D eigenvalue weighted by atomic mass is 9.98. The summed E-state index contributed by atoms with van der Waals surface area (Å²) in [6.07, 6.45) is 0.385. The molecule has 0 N–H and O–H groups in total. The molecule has 1 aromatic rings. The van der Waals surface area contributed by atoms with E-state index < -0.39 is 5.60 Å². The van der Waals surface area contributed by atoms with E-state index in [0.717, 1.165) is 11.1 Å². The van der Waals surface area contributed by atoms with Gasteiger partial charge in [0.15, 0.2) is 11.5 Å². The van der Waals surface area contributed by atoms with Crippen LogP contribution in [-0.4, -0.2) is 18.0 Å². The van der Waals surface area contributed by atoms with Crippen molar-refractivity contribution in [2.75, 3.05) is 6.61 Å². The summed E-state index contributed by atoms with van der Waals surface area (Å²) < 4.78 is 5.11. The number of hydrogen-bond donors (Lipinski definition) is 0. The molecule has 0 spiro atoms. The summed E-state index contributed by atoms with van der Waals surface area (Å²) in [6.45, 7) is 11.2. The molecule has 0 saturated carbocycles. The van der Waals surface area contributed by atoms with Gasteiger partial charge < -0.3 is 4.74 Å². The highest BCUT2D eigenvalue weighted by Crippen LogP contribution is 2.29. The second kappa shape index (κ2) is 3.73. The maximum Gasteiger partial charge on any atom is 0.190 e. The van der Waals surface area contributed by atoms with Crippen molar-refractivity contribution in [3.05, 3.63) is 40.7 Å². The van der Waals surface area contributed by atoms with Crippen LogP contribution in [0.15, 0.2) is 18.2 Å². The average Bonchev–Trinajstić information content (AvgIpc) is 2.98. The van der Waals surface area contributed by atoms with Crippen molar-refractivity contribution in [2.24, 2.45) is 0 Å². The lowest BCUT2D eigenvalue weighted by Gasteiger charge is -2.06. The van der Waals surface area contributed by atoms with Gasteiger partial charge in [-0.1, -0.05) is 18.2 Å². The Morgan fingerprint density at radius 3 is 2.81 bits per heavy atom. The fraction of sp³-hybridized carbons (Fsp3) is 0.385. The molecule has 1 aromatic carbocycles. The third-order valence-electron chi connectivity index (χ3n) is 2.91. The number of aryl methyl sites for hydroxylation is 1. The van der Waals surface area contributed by atoms with Crippen LogP contribution in [-0.2, 0) is 16.0 Å². The number of nitrogens with zero attached hydrogens (tertiary/aromatic N) is 1. The molecule has 0 amide bonds. The Balaban J connectivity index is 2.14. The number of carbonyl (C=O) groups is 1. The van der Waals surface area contributed by atoms with Gasteiger partial charge in [-0.25, -0.2) is 4.85 Å². The number of ether oxygens (including phenoxy) is 1. The molecule has 82 valence electrons. The summed E-state index contributed by atoms with van der Waals surface area (Å²) >= 11 is 0.